The molecule has 0 aliphatic carbocycles. The first-order valence-corrected chi connectivity index (χ1v) is 8.59. The van der Waals surface area contributed by atoms with E-state index in [0.717, 1.165) is 38.9 Å². The summed E-state index contributed by atoms with van der Waals surface area (Å²) in [4.78, 5) is 22.6. The molecule has 0 N–H and O–H groups in total. The molecule has 0 saturated carbocycles. The van der Waals surface area contributed by atoms with Gasteiger partial charge in [0, 0.05) is 10.3 Å². The van der Waals surface area contributed by atoms with Crippen molar-refractivity contribution in [1.29, 1.82) is 0 Å². The fraction of sp³-hybridized carbons (Fsp3) is 0.188. The van der Waals surface area contributed by atoms with Crippen molar-refractivity contribution < 1.29 is 13.6 Å². The maximum absolute atomic E-state index is 13.6. The van der Waals surface area contributed by atoms with Crippen molar-refractivity contribution in [3.05, 3.63) is 52.2 Å². The van der Waals surface area contributed by atoms with Gasteiger partial charge in [0.15, 0.2) is 5.78 Å². The summed E-state index contributed by atoms with van der Waals surface area (Å²) in [6.07, 6.45) is 1.45. The average Bonchev–Trinajstić information content (AvgIpc) is 2.82. The Morgan fingerprint density at radius 2 is 2.04 bits per heavy atom. The number of nitrogens with zero attached hydrogens (tertiary/aromatic N) is 2. The number of aryl methyl sites for hydroxylation is 2. The van der Waals surface area contributed by atoms with Crippen LogP contribution < -0.4 is 0 Å². The lowest BCUT2D eigenvalue weighted by Gasteiger charge is -2.04. The molecular weight excluding hydrogens is 338 g/mol. The Kier molecular flexibility index (Phi) is 4.41. The number of benzene rings is 1. The number of fused-ring (bicyclic) bond motifs is 1. The summed E-state index contributed by atoms with van der Waals surface area (Å²) in [5, 5.41) is 1.61. The highest BCUT2D eigenvalue weighted by Crippen LogP contribution is 2.34. The fourth-order valence-electron chi connectivity index (χ4n) is 2.18. The Labute approximate surface area is 139 Å². The fourth-order valence-corrected chi connectivity index (χ4v) is 4.18. The van der Waals surface area contributed by atoms with Crippen LogP contribution in [0.25, 0.3) is 10.2 Å². The molecule has 0 bridgehead atoms. The van der Waals surface area contributed by atoms with Crippen molar-refractivity contribution >= 4 is 39.1 Å². The van der Waals surface area contributed by atoms with Crippen LogP contribution in [0.1, 0.15) is 20.8 Å². The highest BCUT2D eigenvalue weighted by Gasteiger charge is 2.16. The number of thiophene rings is 1. The highest BCUT2D eigenvalue weighted by molar-refractivity contribution is 8.00. The van der Waals surface area contributed by atoms with Crippen LogP contribution >= 0.6 is 23.1 Å². The highest BCUT2D eigenvalue weighted by atomic mass is 32.2. The molecule has 118 valence electrons. The van der Waals surface area contributed by atoms with E-state index in [2.05, 4.69) is 9.97 Å². The summed E-state index contributed by atoms with van der Waals surface area (Å²) < 4.78 is 26.8. The quantitative estimate of drug-likeness (QED) is 0.393. The second-order valence-corrected chi connectivity index (χ2v) is 7.15. The van der Waals surface area contributed by atoms with Gasteiger partial charge in [0.05, 0.1) is 11.3 Å². The van der Waals surface area contributed by atoms with E-state index in [1.54, 1.807) is 11.3 Å². The minimum Gasteiger partial charge on any atom is -0.293 e. The van der Waals surface area contributed by atoms with E-state index >= 15 is 0 Å². The standard InChI is InChI=1S/C16H12F2N2OS2/c1-8-9(2)23-16-14(8)15(19-7-20-16)22-6-13(21)11-5-10(17)3-4-12(11)18/h3-5,7H,6H2,1-2H3. The van der Waals surface area contributed by atoms with E-state index < -0.39 is 17.4 Å². The predicted octanol–water partition coefficient (Wildman–Crippen LogP) is 4.56. The van der Waals surface area contributed by atoms with Gasteiger partial charge in [0.25, 0.3) is 0 Å². The SMILES string of the molecule is Cc1sc2ncnc(SCC(=O)c3cc(F)ccc3F)c2c1C. The molecule has 0 spiro atoms. The first-order chi connectivity index (χ1) is 11.0. The summed E-state index contributed by atoms with van der Waals surface area (Å²) in [5.41, 5.74) is 0.846. The van der Waals surface area contributed by atoms with Crippen molar-refractivity contribution in [3.63, 3.8) is 0 Å². The number of Topliss-reactive ketones (excluding diaryl/α,β-unsaturated/α-hetero) is 1. The summed E-state index contributed by atoms with van der Waals surface area (Å²) in [6, 6.07) is 2.88. The number of ketones is 1. The first kappa shape index (κ1) is 16.0. The number of thioether (sulfide) groups is 1. The molecule has 23 heavy (non-hydrogen) atoms. The average molecular weight is 350 g/mol. The van der Waals surface area contributed by atoms with Gasteiger partial charge in [-0.15, -0.1) is 11.3 Å². The number of carbonyl (C=O) groups excluding carboxylic acids is 1. The van der Waals surface area contributed by atoms with E-state index in [-0.39, 0.29) is 11.3 Å². The van der Waals surface area contributed by atoms with Gasteiger partial charge in [0.2, 0.25) is 0 Å². The smallest absolute Gasteiger partial charge is 0.176 e. The third kappa shape index (κ3) is 3.11. The summed E-state index contributed by atoms with van der Waals surface area (Å²) in [6.45, 7) is 3.99. The minimum atomic E-state index is -0.715. The van der Waals surface area contributed by atoms with Crippen molar-refractivity contribution in [1.82, 2.24) is 9.97 Å². The molecule has 7 heteroatoms. The van der Waals surface area contributed by atoms with E-state index in [0.29, 0.717) is 5.03 Å². The zero-order chi connectivity index (χ0) is 16.6. The van der Waals surface area contributed by atoms with Gasteiger partial charge < -0.3 is 0 Å². The number of carbonyl (C=O) groups is 1. The first-order valence-electron chi connectivity index (χ1n) is 6.79. The second kappa shape index (κ2) is 6.33. The Morgan fingerprint density at radius 1 is 1.26 bits per heavy atom. The summed E-state index contributed by atoms with van der Waals surface area (Å²) >= 11 is 2.78. The van der Waals surface area contributed by atoms with Crippen LogP contribution in [0.2, 0.25) is 0 Å². The maximum Gasteiger partial charge on any atom is 0.176 e. The molecule has 1 aromatic carbocycles. The lowest BCUT2D eigenvalue weighted by Crippen LogP contribution is -2.06. The second-order valence-electron chi connectivity index (χ2n) is 4.98. The monoisotopic (exact) mass is 350 g/mol. The molecule has 3 rings (SSSR count). The Morgan fingerprint density at radius 3 is 2.83 bits per heavy atom. The lowest BCUT2D eigenvalue weighted by atomic mass is 10.1. The van der Waals surface area contributed by atoms with E-state index in [1.165, 1.54) is 18.1 Å². The van der Waals surface area contributed by atoms with Gasteiger partial charge in [-0.1, -0.05) is 11.8 Å². The molecule has 2 aromatic heterocycles. The molecule has 0 fully saturated rings. The molecule has 0 amide bonds. The number of rotatable bonds is 4. The van der Waals surface area contributed by atoms with Gasteiger partial charge >= 0.3 is 0 Å². The third-order valence-electron chi connectivity index (χ3n) is 3.50. The number of aromatic nitrogens is 2. The van der Waals surface area contributed by atoms with Gasteiger partial charge in [-0.05, 0) is 37.6 Å². The van der Waals surface area contributed by atoms with E-state index in [4.69, 9.17) is 0 Å². The van der Waals surface area contributed by atoms with Gasteiger partial charge in [-0.25, -0.2) is 18.7 Å². The maximum atomic E-state index is 13.6. The molecule has 2 heterocycles. The van der Waals surface area contributed by atoms with Crippen LogP contribution in [0.4, 0.5) is 8.78 Å². The third-order valence-corrected chi connectivity index (χ3v) is 5.60. The van der Waals surface area contributed by atoms with Crippen LogP contribution in [-0.4, -0.2) is 21.5 Å². The van der Waals surface area contributed by atoms with Crippen LogP contribution in [-0.2, 0) is 0 Å². The normalized spacial score (nSPS) is 11.1. The molecular formula is C16H12F2N2OS2. The molecule has 0 aliphatic rings. The zero-order valence-electron chi connectivity index (χ0n) is 12.4. The minimum absolute atomic E-state index is 0.0131. The molecule has 0 radical (unpaired) electrons. The summed E-state index contributed by atoms with van der Waals surface area (Å²) in [7, 11) is 0. The Balaban J connectivity index is 1.86. The van der Waals surface area contributed by atoms with Crippen molar-refractivity contribution in [3.8, 4) is 0 Å². The molecule has 3 aromatic rings. The number of hydrogen-bond donors (Lipinski definition) is 0. The topological polar surface area (TPSA) is 42.9 Å². The summed E-state index contributed by atoms with van der Waals surface area (Å²) in [5.74, 6) is -1.83. The molecule has 3 nitrogen and oxygen atoms in total. The zero-order valence-corrected chi connectivity index (χ0v) is 14.0. The van der Waals surface area contributed by atoms with Crippen LogP contribution in [0, 0.1) is 25.5 Å². The Hall–Kier alpha value is -1.86. The number of hydrogen-bond acceptors (Lipinski definition) is 5. The Bertz CT molecular complexity index is 908. The van der Waals surface area contributed by atoms with Gasteiger partial charge in [0.1, 0.15) is 27.8 Å². The van der Waals surface area contributed by atoms with Crippen LogP contribution in [0.5, 0.6) is 0 Å². The largest absolute Gasteiger partial charge is 0.293 e. The lowest BCUT2D eigenvalue weighted by molar-refractivity contribution is 0.101. The van der Waals surface area contributed by atoms with E-state index in [9.17, 15) is 13.6 Å². The molecule has 0 atom stereocenters. The van der Waals surface area contributed by atoms with Gasteiger partial charge in [-0.2, -0.15) is 0 Å². The van der Waals surface area contributed by atoms with Crippen molar-refractivity contribution in [2.45, 2.75) is 18.9 Å². The van der Waals surface area contributed by atoms with Crippen molar-refractivity contribution in [2.75, 3.05) is 5.75 Å². The van der Waals surface area contributed by atoms with E-state index in [1.807, 2.05) is 13.8 Å². The molecule has 0 saturated heterocycles. The molecule has 0 aliphatic heterocycles. The van der Waals surface area contributed by atoms with Crippen LogP contribution in [0.3, 0.4) is 0 Å². The number of halogens is 2. The van der Waals surface area contributed by atoms with Gasteiger partial charge in [-0.3, -0.25) is 4.79 Å². The van der Waals surface area contributed by atoms with Crippen molar-refractivity contribution in [2.24, 2.45) is 0 Å². The predicted molar refractivity (Wildman–Crippen MR) is 88.3 cm³/mol. The molecule has 0 unspecified atom stereocenters. The van der Waals surface area contributed by atoms with Crippen LogP contribution in [0.15, 0.2) is 29.6 Å².